The van der Waals surface area contributed by atoms with Gasteiger partial charge in [-0.2, -0.15) is 0 Å². The van der Waals surface area contributed by atoms with Gasteiger partial charge in [0.1, 0.15) is 11.6 Å². The van der Waals surface area contributed by atoms with Crippen LogP contribution in [0.1, 0.15) is 30.0 Å². The molecule has 1 unspecified atom stereocenters. The Balaban J connectivity index is 1.32. The third kappa shape index (κ3) is 4.05. The van der Waals surface area contributed by atoms with Crippen molar-refractivity contribution in [1.82, 2.24) is 9.97 Å². The van der Waals surface area contributed by atoms with Gasteiger partial charge in [-0.05, 0) is 36.1 Å². The lowest BCUT2D eigenvalue weighted by Gasteiger charge is -2.26. The van der Waals surface area contributed by atoms with Gasteiger partial charge in [-0.25, -0.2) is 18.7 Å². The van der Waals surface area contributed by atoms with Gasteiger partial charge in [-0.15, -0.1) is 0 Å². The fourth-order valence-corrected chi connectivity index (χ4v) is 4.09. The van der Waals surface area contributed by atoms with Crippen LogP contribution in [0.5, 0.6) is 0 Å². The van der Waals surface area contributed by atoms with Gasteiger partial charge in [-0.3, -0.25) is 4.99 Å². The molecule has 0 saturated carbocycles. The molecule has 5 rings (SSSR count). The van der Waals surface area contributed by atoms with Gasteiger partial charge in [0.15, 0.2) is 0 Å². The van der Waals surface area contributed by atoms with E-state index in [0.29, 0.717) is 25.3 Å². The summed E-state index contributed by atoms with van der Waals surface area (Å²) in [6.45, 7) is 2.99. The van der Waals surface area contributed by atoms with E-state index in [9.17, 15) is 8.78 Å². The maximum Gasteiger partial charge on any atom is 0.225 e. The summed E-state index contributed by atoms with van der Waals surface area (Å²) in [6, 6.07) is 11.9. The number of morpholine rings is 1. The minimum absolute atomic E-state index is 0.000809. The zero-order valence-corrected chi connectivity index (χ0v) is 17.0. The number of aromatic nitrogens is 2. The summed E-state index contributed by atoms with van der Waals surface area (Å²) < 4.78 is 33.5. The van der Waals surface area contributed by atoms with Gasteiger partial charge in [-0.1, -0.05) is 30.3 Å². The van der Waals surface area contributed by atoms with E-state index in [4.69, 9.17) is 4.74 Å². The molecule has 1 saturated heterocycles. The number of aliphatic imine (C=N–C) groups is 1. The molecule has 7 heteroatoms. The quantitative estimate of drug-likeness (QED) is 0.620. The fraction of sp³-hybridized carbons (Fsp3) is 0.292. The maximum absolute atomic E-state index is 14.1. The second-order valence-corrected chi connectivity index (χ2v) is 7.72. The van der Waals surface area contributed by atoms with Crippen LogP contribution in [0.3, 0.4) is 0 Å². The number of rotatable bonds is 4. The van der Waals surface area contributed by atoms with E-state index in [1.165, 1.54) is 18.2 Å². The highest BCUT2D eigenvalue weighted by Gasteiger charge is 2.24. The Hall–Kier alpha value is -3.19. The molecule has 2 aromatic carbocycles. The van der Waals surface area contributed by atoms with Crippen LogP contribution < -0.4 is 4.90 Å². The van der Waals surface area contributed by atoms with Crippen molar-refractivity contribution in [2.75, 3.05) is 31.2 Å². The fourth-order valence-electron chi connectivity index (χ4n) is 4.09. The summed E-state index contributed by atoms with van der Waals surface area (Å²) in [7, 11) is 0. The van der Waals surface area contributed by atoms with Crippen LogP contribution in [-0.2, 0) is 4.74 Å². The highest BCUT2D eigenvalue weighted by molar-refractivity contribution is 6.02. The maximum atomic E-state index is 14.1. The number of halogens is 2. The van der Waals surface area contributed by atoms with Crippen LogP contribution in [-0.4, -0.2) is 42.0 Å². The summed E-state index contributed by atoms with van der Waals surface area (Å²) in [5.41, 5.74) is 3.48. The Bertz CT molecular complexity index is 1070. The molecule has 0 spiro atoms. The van der Waals surface area contributed by atoms with Crippen molar-refractivity contribution in [2.45, 2.75) is 18.9 Å². The first-order valence-corrected chi connectivity index (χ1v) is 10.5. The molecule has 0 aliphatic carbocycles. The molecule has 0 radical (unpaired) electrons. The first kappa shape index (κ1) is 19.8. The monoisotopic (exact) mass is 420 g/mol. The molecule has 3 aromatic rings. The highest BCUT2D eigenvalue weighted by Crippen LogP contribution is 2.33. The van der Waals surface area contributed by atoms with E-state index < -0.39 is 11.6 Å². The van der Waals surface area contributed by atoms with Gasteiger partial charge >= 0.3 is 0 Å². The SMILES string of the molecule is Fc1cccc(F)c1C1=NC(c2ccc(-c3cnc(N4CCOCC4)nc3)cc2)CC1. The van der Waals surface area contributed by atoms with Crippen LogP contribution in [0, 0.1) is 11.6 Å². The Morgan fingerprint density at radius 1 is 0.871 bits per heavy atom. The van der Waals surface area contributed by atoms with E-state index in [0.717, 1.165) is 42.1 Å². The second kappa shape index (κ2) is 8.51. The smallest absolute Gasteiger partial charge is 0.225 e. The van der Waals surface area contributed by atoms with Crippen molar-refractivity contribution in [1.29, 1.82) is 0 Å². The number of hydrogen-bond donors (Lipinski definition) is 0. The van der Waals surface area contributed by atoms with Gasteiger partial charge in [0.2, 0.25) is 5.95 Å². The van der Waals surface area contributed by atoms with Crippen molar-refractivity contribution in [3.63, 3.8) is 0 Å². The van der Waals surface area contributed by atoms with Crippen molar-refractivity contribution in [2.24, 2.45) is 4.99 Å². The molecule has 0 bridgehead atoms. The predicted molar refractivity (Wildman–Crippen MR) is 115 cm³/mol. The molecule has 0 amide bonds. The summed E-state index contributed by atoms with van der Waals surface area (Å²) in [5, 5.41) is 0. The van der Waals surface area contributed by atoms with E-state index in [2.05, 4.69) is 19.9 Å². The molecule has 31 heavy (non-hydrogen) atoms. The number of benzene rings is 2. The Morgan fingerprint density at radius 3 is 2.23 bits per heavy atom. The first-order chi connectivity index (χ1) is 15.2. The summed E-state index contributed by atoms with van der Waals surface area (Å²) >= 11 is 0. The van der Waals surface area contributed by atoms with E-state index in [-0.39, 0.29) is 11.6 Å². The number of nitrogens with zero attached hydrogens (tertiary/aromatic N) is 4. The largest absolute Gasteiger partial charge is 0.378 e. The molecule has 2 aliphatic rings. The van der Waals surface area contributed by atoms with E-state index >= 15 is 0 Å². The molecule has 1 aromatic heterocycles. The Labute approximate surface area is 179 Å². The number of hydrogen-bond acceptors (Lipinski definition) is 5. The van der Waals surface area contributed by atoms with E-state index in [1.54, 1.807) is 0 Å². The van der Waals surface area contributed by atoms with Crippen molar-refractivity contribution in [3.8, 4) is 11.1 Å². The normalized spacial score (nSPS) is 18.8. The number of anilines is 1. The van der Waals surface area contributed by atoms with Gasteiger partial charge in [0.25, 0.3) is 0 Å². The molecule has 2 aliphatic heterocycles. The lowest BCUT2D eigenvalue weighted by molar-refractivity contribution is 0.122. The first-order valence-electron chi connectivity index (χ1n) is 10.5. The van der Waals surface area contributed by atoms with Crippen molar-refractivity contribution in [3.05, 3.63) is 77.6 Å². The van der Waals surface area contributed by atoms with Gasteiger partial charge < -0.3 is 9.64 Å². The van der Waals surface area contributed by atoms with Crippen molar-refractivity contribution >= 4 is 11.7 Å². The van der Waals surface area contributed by atoms with Gasteiger partial charge in [0, 0.05) is 36.8 Å². The minimum atomic E-state index is -0.560. The standard InChI is InChI=1S/C24H22F2N4O/c25-19-2-1-3-20(26)23(19)22-9-8-21(29-22)17-6-4-16(5-7-17)18-14-27-24(28-15-18)30-10-12-31-13-11-30/h1-7,14-15,21H,8-13H2. The molecule has 0 N–H and O–H groups in total. The summed E-state index contributed by atoms with van der Waals surface area (Å²) in [4.78, 5) is 15.7. The van der Waals surface area contributed by atoms with Crippen LogP contribution in [0.25, 0.3) is 11.1 Å². The van der Waals surface area contributed by atoms with Crippen molar-refractivity contribution < 1.29 is 13.5 Å². The summed E-state index contributed by atoms with van der Waals surface area (Å²) in [6.07, 6.45) is 4.96. The van der Waals surface area contributed by atoms with Crippen LogP contribution in [0.2, 0.25) is 0 Å². The van der Waals surface area contributed by atoms with Crippen LogP contribution in [0.15, 0.2) is 59.9 Å². The average molecular weight is 420 g/mol. The lowest BCUT2D eigenvalue weighted by atomic mass is 10.0. The lowest BCUT2D eigenvalue weighted by Crippen LogP contribution is -2.37. The van der Waals surface area contributed by atoms with Gasteiger partial charge in [0.05, 0.1) is 24.8 Å². The molecule has 1 atom stereocenters. The second-order valence-electron chi connectivity index (χ2n) is 7.72. The zero-order valence-electron chi connectivity index (χ0n) is 17.0. The molecule has 5 nitrogen and oxygen atoms in total. The third-order valence-electron chi connectivity index (χ3n) is 5.78. The Kier molecular flexibility index (Phi) is 5.42. The molecular weight excluding hydrogens is 398 g/mol. The Morgan fingerprint density at radius 2 is 1.55 bits per heavy atom. The molecule has 158 valence electrons. The van der Waals surface area contributed by atoms with Crippen LogP contribution in [0.4, 0.5) is 14.7 Å². The number of ether oxygens (including phenoxy) is 1. The zero-order chi connectivity index (χ0) is 21.2. The predicted octanol–water partition coefficient (Wildman–Crippen LogP) is 4.58. The third-order valence-corrected chi connectivity index (χ3v) is 5.78. The summed E-state index contributed by atoms with van der Waals surface area (Å²) in [5.74, 6) is -0.401. The topological polar surface area (TPSA) is 50.6 Å². The highest BCUT2D eigenvalue weighted by atomic mass is 19.1. The molecular formula is C24H22F2N4O. The molecule has 3 heterocycles. The minimum Gasteiger partial charge on any atom is -0.378 e. The molecule has 1 fully saturated rings. The average Bonchev–Trinajstić information content (AvgIpc) is 3.30. The van der Waals surface area contributed by atoms with Crippen LogP contribution >= 0.6 is 0 Å². The van der Waals surface area contributed by atoms with E-state index in [1.807, 2.05) is 36.7 Å².